The molecule has 0 saturated heterocycles. The molecule has 170 valence electrons. The van der Waals surface area contributed by atoms with Gasteiger partial charge in [0, 0.05) is 23.8 Å². The van der Waals surface area contributed by atoms with Crippen LogP contribution in [0.1, 0.15) is 55.1 Å². The Bertz CT molecular complexity index is 1060. The summed E-state index contributed by atoms with van der Waals surface area (Å²) in [4.78, 5) is 20.9. The van der Waals surface area contributed by atoms with E-state index in [0.29, 0.717) is 17.5 Å². The number of aromatic nitrogens is 4. The smallest absolute Gasteiger partial charge is 0.282 e. The second kappa shape index (κ2) is 9.66. The number of aliphatic hydroxyl groups excluding tert-OH is 1. The van der Waals surface area contributed by atoms with Gasteiger partial charge in [0.05, 0.1) is 29.9 Å². The molecule has 3 aromatic rings. The van der Waals surface area contributed by atoms with Gasteiger partial charge in [0.2, 0.25) is 0 Å². The van der Waals surface area contributed by atoms with Crippen LogP contribution in [0.3, 0.4) is 0 Å². The number of benzene rings is 1. The molecule has 1 atom stereocenters. The van der Waals surface area contributed by atoms with Crippen LogP contribution in [0.25, 0.3) is 16.9 Å². The lowest BCUT2D eigenvalue weighted by atomic mass is 9.92. The molecule has 0 aliphatic heterocycles. The van der Waals surface area contributed by atoms with E-state index in [2.05, 4.69) is 20.4 Å². The SMILES string of the molecule is C[C@H](O)COC1CCC(NC(=O)c2cnc(-n3nc(C(F)F)c4ccccc43)nc2)CC1. The summed E-state index contributed by atoms with van der Waals surface area (Å²) in [5, 5.41) is 16.6. The zero-order valence-corrected chi connectivity index (χ0v) is 17.6. The number of halogens is 2. The number of amides is 1. The average molecular weight is 445 g/mol. The number of nitrogens with one attached hydrogen (secondary N) is 1. The van der Waals surface area contributed by atoms with Crippen LogP contribution in [0, 0.1) is 0 Å². The van der Waals surface area contributed by atoms with Crippen molar-refractivity contribution < 1.29 is 23.4 Å². The second-order valence-corrected chi connectivity index (χ2v) is 8.02. The van der Waals surface area contributed by atoms with Gasteiger partial charge in [-0.3, -0.25) is 4.79 Å². The Kier molecular flexibility index (Phi) is 6.71. The molecule has 0 unspecified atom stereocenters. The molecule has 32 heavy (non-hydrogen) atoms. The Balaban J connectivity index is 1.40. The molecule has 1 saturated carbocycles. The number of rotatable bonds is 7. The van der Waals surface area contributed by atoms with E-state index in [1.807, 2.05) is 0 Å². The van der Waals surface area contributed by atoms with E-state index >= 15 is 0 Å². The summed E-state index contributed by atoms with van der Waals surface area (Å²) in [6, 6.07) is 6.66. The van der Waals surface area contributed by atoms with E-state index < -0.39 is 12.5 Å². The second-order valence-electron chi connectivity index (χ2n) is 8.02. The molecule has 0 bridgehead atoms. The predicted molar refractivity (Wildman–Crippen MR) is 113 cm³/mol. The zero-order valence-electron chi connectivity index (χ0n) is 17.6. The molecule has 1 fully saturated rings. The minimum atomic E-state index is -2.72. The Morgan fingerprint density at radius 2 is 1.91 bits per heavy atom. The number of hydrogen-bond donors (Lipinski definition) is 2. The lowest BCUT2D eigenvalue weighted by Gasteiger charge is -2.29. The number of aliphatic hydroxyl groups is 1. The summed E-state index contributed by atoms with van der Waals surface area (Å²) in [6.45, 7) is 2.00. The lowest BCUT2D eigenvalue weighted by molar-refractivity contribution is -0.0210. The van der Waals surface area contributed by atoms with Gasteiger partial charge >= 0.3 is 0 Å². The Hall–Kier alpha value is -2.98. The highest BCUT2D eigenvalue weighted by molar-refractivity contribution is 5.93. The number of alkyl halides is 2. The fraction of sp³-hybridized carbons (Fsp3) is 0.455. The molecular formula is C22H25F2N5O3. The molecule has 10 heteroatoms. The topological polar surface area (TPSA) is 102 Å². The van der Waals surface area contributed by atoms with Crippen molar-refractivity contribution in [3.05, 3.63) is 47.9 Å². The van der Waals surface area contributed by atoms with Crippen LogP contribution in [0.15, 0.2) is 36.7 Å². The molecule has 2 aromatic heterocycles. The lowest BCUT2D eigenvalue weighted by Crippen LogP contribution is -2.39. The van der Waals surface area contributed by atoms with Crippen LogP contribution in [0.4, 0.5) is 8.78 Å². The fourth-order valence-electron chi connectivity index (χ4n) is 3.87. The van der Waals surface area contributed by atoms with Crippen molar-refractivity contribution >= 4 is 16.8 Å². The average Bonchev–Trinajstić information content (AvgIpc) is 3.19. The molecule has 4 rings (SSSR count). The summed E-state index contributed by atoms with van der Waals surface area (Å²) in [7, 11) is 0. The maximum atomic E-state index is 13.3. The molecule has 0 spiro atoms. The first-order valence-electron chi connectivity index (χ1n) is 10.6. The third-order valence-corrected chi connectivity index (χ3v) is 5.50. The van der Waals surface area contributed by atoms with Gasteiger partial charge in [-0.05, 0) is 38.7 Å². The highest BCUT2D eigenvalue weighted by Gasteiger charge is 2.24. The van der Waals surface area contributed by atoms with Gasteiger partial charge in [0.25, 0.3) is 18.3 Å². The third kappa shape index (κ3) is 4.91. The Labute approximate surface area is 183 Å². The Morgan fingerprint density at radius 1 is 1.22 bits per heavy atom. The van der Waals surface area contributed by atoms with Crippen LogP contribution < -0.4 is 5.32 Å². The van der Waals surface area contributed by atoms with E-state index in [9.17, 15) is 18.7 Å². The van der Waals surface area contributed by atoms with Gasteiger partial charge in [0.1, 0.15) is 5.69 Å². The number of nitrogens with zero attached hydrogens (tertiary/aromatic N) is 4. The number of hydrogen-bond acceptors (Lipinski definition) is 6. The van der Waals surface area contributed by atoms with Gasteiger partial charge in [-0.15, -0.1) is 0 Å². The fourth-order valence-corrected chi connectivity index (χ4v) is 3.87. The summed E-state index contributed by atoms with van der Waals surface area (Å²) >= 11 is 0. The van der Waals surface area contributed by atoms with Crippen LogP contribution >= 0.6 is 0 Å². The Morgan fingerprint density at radius 3 is 2.56 bits per heavy atom. The summed E-state index contributed by atoms with van der Waals surface area (Å²) in [5.41, 5.74) is 0.417. The first-order valence-corrected chi connectivity index (χ1v) is 10.6. The van der Waals surface area contributed by atoms with Gasteiger partial charge in [-0.2, -0.15) is 9.78 Å². The van der Waals surface area contributed by atoms with Crippen molar-refractivity contribution in [1.29, 1.82) is 0 Å². The van der Waals surface area contributed by atoms with Crippen molar-refractivity contribution in [3.8, 4) is 5.95 Å². The highest BCUT2D eigenvalue weighted by atomic mass is 19.3. The number of para-hydroxylation sites is 1. The molecule has 1 amide bonds. The predicted octanol–water partition coefficient (Wildman–Crippen LogP) is 3.19. The van der Waals surface area contributed by atoms with Crippen LogP contribution in [0.2, 0.25) is 0 Å². The van der Waals surface area contributed by atoms with E-state index in [1.54, 1.807) is 31.2 Å². The zero-order chi connectivity index (χ0) is 22.7. The quantitative estimate of drug-likeness (QED) is 0.579. The highest BCUT2D eigenvalue weighted by Crippen LogP contribution is 2.28. The largest absolute Gasteiger partial charge is 0.391 e. The van der Waals surface area contributed by atoms with E-state index in [1.165, 1.54) is 17.1 Å². The van der Waals surface area contributed by atoms with Crippen molar-refractivity contribution in [2.24, 2.45) is 0 Å². The van der Waals surface area contributed by atoms with Crippen molar-refractivity contribution in [2.45, 2.75) is 57.3 Å². The van der Waals surface area contributed by atoms with Gasteiger partial charge in [0.15, 0.2) is 0 Å². The molecular weight excluding hydrogens is 420 g/mol. The number of ether oxygens (including phenoxy) is 1. The van der Waals surface area contributed by atoms with Crippen LogP contribution in [-0.4, -0.2) is 55.6 Å². The van der Waals surface area contributed by atoms with E-state index in [-0.39, 0.29) is 35.3 Å². The number of fused-ring (bicyclic) bond motifs is 1. The maximum absolute atomic E-state index is 13.3. The van der Waals surface area contributed by atoms with Gasteiger partial charge in [-0.25, -0.2) is 18.7 Å². The molecule has 1 aromatic carbocycles. The van der Waals surface area contributed by atoms with Crippen molar-refractivity contribution in [2.75, 3.05) is 6.61 Å². The van der Waals surface area contributed by atoms with E-state index in [4.69, 9.17) is 4.74 Å². The molecule has 2 N–H and O–H groups in total. The third-order valence-electron chi connectivity index (χ3n) is 5.50. The summed E-state index contributed by atoms with van der Waals surface area (Å²) < 4.78 is 33.6. The van der Waals surface area contributed by atoms with Crippen LogP contribution in [0.5, 0.6) is 0 Å². The minimum Gasteiger partial charge on any atom is -0.391 e. The standard InChI is InChI=1S/C22H25F2N5O3/c1-13(30)12-32-16-8-6-15(7-9-16)27-21(31)14-10-25-22(26-11-14)29-18-5-3-2-4-17(18)19(28-29)20(23)24/h2-5,10-11,13,15-16,20,30H,6-9,12H2,1H3,(H,27,31)/t13-,15?,16?/m0/s1. The summed E-state index contributed by atoms with van der Waals surface area (Å²) in [5.74, 6) is -0.177. The first kappa shape index (κ1) is 22.2. The van der Waals surface area contributed by atoms with E-state index in [0.717, 1.165) is 25.7 Å². The number of carbonyl (C=O) groups excluding carboxylic acids is 1. The monoisotopic (exact) mass is 445 g/mol. The number of carbonyl (C=O) groups is 1. The molecule has 1 aliphatic rings. The molecule has 1 aliphatic carbocycles. The van der Waals surface area contributed by atoms with Gasteiger partial charge in [-0.1, -0.05) is 18.2 Å². The van der Waals surface area contributed by atoms with Gasteiger partial charge < -0.3 is 15.2 Å². The molecule has 0 radical (unpaired) electrons. The maximum Gasteiger partial charge on any atom is 0.282 e. The minimum absolute atomic E-state index is 0.0252. The van der Waals surface area contributed by atoms with Crippen molar-refractivity contribution in [3.63, 3.8) is 0 Å². The normalized spacial score (nSPS) is 19.9. The van der Waals surface area contributed by atoms with Crippen LogP contribution in [-0.2, 0) is 4.74 Å². The first-order chi connectivity index (χ1) is 15.4. The molecule has 2 heterocycles. The molecule has 8 nitrogen and oxygen atoms in total. The van der Waals surface area contributed by atoms with Crippen molar-refractivity contribution in [1.82, 2.24) is 25.1 Å². The summed E-state index contributed by atoms with van der Waals surface area (Å²) in [6.07, 6.45) is 2.81.